The number of anilines is 1. The van der Waals surface area contributed by atoms with Crippen LogP contribution in [0.2, 0.25) is 0 Å². The highest BCUT2D eigenvalue weighted by atomic mass is 16.2. The van der Waals surface area contributed by atoms with Crippen molar-refractivity contribution in [2.45, 2.75) is 0 Å². The standard InChI is InChI=1S/C11H10N4O2/c1-15-5-2-8(6-10(15)16)11(17)14-9-7-12-3-4-13-9/h2-7H,1H3,(H,13,14,17). The van der Waals surface area contributed by atoms with Gasteiger partial charge in [-0.15, -0.1) is 0 Å². The van der Waals surface area contributed by atoms with Crippen LogP contribution < -0.4 is 10.9 Å². The second-order valence-corrected chi connectivity index (χ2v) is 3.41. The minimum atomic E-state index is -0.386. The van der Waals surface area contributed by atoms with Crippen LogP contribution in [0.1, 0.15) is 10.4 Å². The molecule has 2 rings (SSSR count). The summed E-state index contributed by atoms with van der Waals surface area (Å²) in [5, 5.41) is 2.54. The number of carbonyl (C=O) groups excluding carboxylic acids is 1. The van der Waals surface area contributed by atoms with Gasteiger partial charge in [0, 0.05) is 37.3 Å². The Balaban J connectivity index is 2.21. The molecule has 0 bridgehead atoms. The Morgan fingerprint density at radius 2 is 2.24 bits per heavy atom. The van der Waals surface area contributed by atoms with E-state index in [-0.39, 0.29) is 11.5 Å². The molecule has 0 radical (unpaired) electrons. The predicted molar refractivity (Wildman–Crippen MR) is 61.7 cm³/mol. The van der Waals surface area contributed by atoms with E-state index in [9.17, 15) is 9.59 Å². The van der Waals surface area contributed by atoms with E-state index in [0.717, 1.165) is 0 Å². The number of aromatic nitrogens is 3. The third-order valence-electron chi connectivity index (χ3n) is 2.17. The number of aryl methyl sites for hydroxylation is 1. The van der Waals surface area contributed by atoms with Crippen molar-refractivity contribution in [2.24, 2.45) is 7.05 Å². The normalized spacial score (nSPS) is 9.94. The summed E-state index contributed by atoms with van der Waals surface area (Å²) in [6.45, 7) is 0. The molecule has 2 heterocycles. The van der Waals surface area contributed by atoms with Crippen molar-refractivity contribution >= 4 is 11.7 Å². The quantitative estimate of drug-likeness (QED) is 0.811. The lowest BCUT2D eigenvalue weighted by molar-refractivity contribution is 0.102. The number of nitrogens with one attached hydrogen (secondary N) is 1. The second-order valence-electron chi connectivity index (χ2n) is 3.41. The molecule has 0 aromatic carbocycles. The number of amides is 1. The molecule has 17 heavy (non-hydrogen) atoms. The van der Waals surface area contributed by atoms with E-state index in [1.165, 1.54) is 35.4 Å². The van der Waals surface area contributed by atoms with Gasteiger partial charge in [-0.1, -0.05) is 0 Å². The average Bonchev–Trinajstić information content (AvgIpc) is 2.34. The molecule has 2 aromatic heterocycles. The van der Waals surface area contributed by atoms with Crippen molar-refractivity contribution in [1.82, 2.24) is 14.5 Å². The predicted octanol–water partition coefficient (Wildman–Crippen LogP) is 0.428. The Morgan fingerprint density at radius 1 is 1.41 bits per heavy atom. The Bertz CT molecular complexity index is 592. The van der Waals surface area contributed by atoms with Gasteiger partial charge < -0.3 is 9.88 Å². The van der Waals surface area contributed by atoms with Crippen LogP contribution in [0.3, 0.4) is 0 Å². The summed E-state index contributed by atoms with van der Waals surface area (Å²) in [5.74, 6) is -0.0404. The first-order chi connectivity index (χ1) is 8.16. The molecule has 0 fully saturated rings. The number of hydrogen-bond donors (Lipinski definition) is 1. The molecule has 0 aliphatic rings. The molecule has 1 N–H and O–H groups in total. The van der Waals surface area contributed by atoms with Gasteiger partial charge in [0.1, 0.15) is 0 Å². The summed E-state index contributed by atoms with van der Waals surface area (Å²) in [7, 11) is 1.62. The van der Waals surface area contributed by atoms with Crippen LogP contribution in [0, 0.1) is 0 Å². The van der Waals surface area contributed by atoms with Crippen LogP contribution in [0.25, 0.3) is 0 Å². The van der Waals surface area contributed by atoms with Crippen LogP contribution in [0.4, 0.5) is 5.82 Å². The minimum absolute atomic E-state index is 0.239. The zero-order valence-electron chi connectivity index (χ0n) is 9.12. The van der Waals surface area contributed by atoms with Crippen LogP contribution in [-0.2, 0) is 7.05 Å². The fourth-order valence-corrected chi connectivity index (χ4v) is 1.24. The molecular weight excluding hydrogens is 220 g/mol. The molecule has 0 atom stereocenters. The van der Waals surface area contributed by atoms with Crippen molar-refractivity contribution in [3.8, 4) is 0 Å². The van der Waals surface area contributed by atoms with Gasteiger partial charge in [0.05, 0.1) is 6.20 Å². The van der Waals surface area contributed by atoms with E-state index in [1.807, 2.05) is 0 Å². The number of nitrogens with zero attached hydrogens (tertiary/aromatic N) is 3. The lowest BCUT2D eigenvalue weighted by atomic mass is 10.2. The van der Waals surface area contributed by atoms with Crippen LogP contribution in [0.15, 0.2) is 41.7 Å². The van der Waals surface area contributed by atoms with E-state index < -0.39 is 0 Å². The maximum atomic E-state index is 11.8. The lowest BCUT2D eigenvalue weighted by Gasteiger charge is -2.03. The maximum Gasteiger partial charge on any atom is 0.257 e. The SMILES string of the molecule is Cn1ccc(C(=O)Nc2cnccn2)cc1=O. The summed E-state index contributed by atoms with van der Waals surface area (Å²) in [4.78, 5) is 30.8. The van der Waals surface area contributed by atoms with Gasteiger partial charge >= 0.3 is 0 Å². The van der Waals surface area contributed by atoms with Crippen LogP contribution >= 0.6 is 0 Å². The Kier molecular flexibility index (Phi) is 2.95. The number of carbonyl (C=O) groups is 1. The molecular formula is C11H10N4O2. The van der Waals surface area contributed by atoms with Crippen molar-refractivity contribution in [3.05, 3.63) is 52.8 Å². The van der Waals surface area contributed by atoms with Gasteiger partial charge in [-0.2, -0.15) is 0 Å². The van der Waals surface area contributed by atoms with Crippen LogP contribution in [-0.4, -0.2) is 20.4 Å². The topological polar surface area (TPSA) is 76.9 Å². The average molecular weight is 230 g/mol. The van der Waals surface area contributed by atoms with Crippen molar-refractivity contribution < 1.29 is 4.79 Å². The third-order valence-corrected chi connectivity index (χ3v) is 2.17. The molecule has 0 saturated carbocycles. The molecule has 0 unspecified atom stereocenters. The fraction of sp³-hybridized carbons (Fsp3) is 0.0909. The maximum absolute atomic E-state index is 11.8. The van der Waals surface area contributed by atoms with Gasteiger partial charge in [0.15, 0.2) is 5.82 Å². The van der Waals surface area contributed by atoms with Gasteiger partial charge in [0.25, 0.3) is 11.5 Å². The second kappa shape index (κ2) is 4.56. The molecule has 2 aromatic rings. The van der Waals surface area contributed by atoms with Gasteiger partial charge in [-0.05, 0) is 6.07 Å². The zero-order chi connectivity index (χ0) is 12.3. The molecule has 0 spiro atoms. The molecule has 1 amide bonds. The third kappa shape index (κ3) is 2.54. The van der Waals surface area contributed by atoms with E-state index in [0.29, 0.717) is 11.4 Å². The highest BCUT2D eigenvalue weighted by Gasteiger charge is 2.07. The largest absolute Gasteiger partial charge is 0.319 e. The summed E-state index contributed by atoms with van der Waals surface area (Å²) in [6.07, 6.45) is 5.94. The van der Waals surface area contributed by atoms with Gasteiger partial charge in [0.2, 0.25) is 0 Å². The number of rotatable bonds is 2. The smallest absolute Gasteiger partial charge is 0.257 e. The summed E-state index contributed by atoms with van der Waals surface area (Å²) in [5.41, 5.74) is 0.0514. The summed E-state index contributed by atoms with van der Waals surface area (Å²) < 4.78 is 1.39. The first-order valence-electron chi connectivity index (χ1n) is 4.91. The highest BCUT2D eigenvalue weighted by Crippen LogP contribution is 2.02. The minimum Gasteiger partial charge on any atom is -0.319 e. The Labute approximate surface area is 97.0 Å². The van der Waals surface area contributed by atoms with Crippen LogP contribution in [0.5, 0.6) is 0 Å². The number of hydrogen-bond acceptors (Lipinski definition) is 4. The van der Waals surface area contributed by atoms with Crippen molar-refractivity contribution in [2.75, 3.05) is 5.32 Å². The molecule has 86 valence electrons. The molecule has 0 aliphatic carbocycles. The van der Waals surface area contributed by atoms with E-state index in [1.54, 1.807) is 13.1 Å². The summed E-state index contributed by atoms with van der Waals surface area (Å²) >= 11 is 0. The lowest BCUT2D eigenvalue weighted by Crippen LogP contribution is -2.20. The van der Waals surface area contributed by atoms with Crippen molar-refractivity contribution in [3.63, 3.8) is 0 Å². The Hall–Kier alpha value is -2.50. The van der Waals surface area contributed by atoms with Gasteiger partial charge in [-0.3, -0.25) is 14.6 Å². The fourth-order valence-electron chi connectivity index (χ4n) is 1.24. The van der Waals surface area contributed by atoms with Gasteiger partial charge in [-0.25, -0.2) is 4.98 Å². The molecule has 6 nitrogen and oxygen atoms in total. The molecule has 0 saturated heterocycles. The van der Waals surface area contributed by atoms with E-state index in [4.69, 9.17) is 0 Å². The van der Waals surface area contributed by atoms with E-state index in [2.05, 4.69) is 15.3 Å². The van der Waals surface area contributed by atoms with E-state index >= 15 is 0 Å². The first kappa shape index (κ1) is 11.0. The molecule has 0 aliphatic heterocycles. The Morgan fingerprint density at radius 3 is 2.88 bits per heavy atom. The monoisotopic (exact) mass is 230 g/mol. The number of pyridine rings is 1. The highest BCUT2D eigenvalue weighted by molar-refractivity contribution is 6.03. The molecule has 6 heteroatoms. The summed E-state index contributed by atoms with van der Waals surface area (Å²) in [6, 6.07) is 2.83. The first-order valence-corrected chi connectivity index (χ1v) is 4.91. The zero-order valence-corrected chi connectivity index (χ0v) is 9.12. The van der Waals surface area contributed by atoms with Crippen molar-refractivity contribution in [1.29, 1.82) is 0 Å².